The third-order valence-electron chi connectivity index (χ3n) is 4.92. The maximum Gasteiger partial charge on any atom is 0.238 e. The minimum atomic E-state index is 0.107. The summed E-state index contributed by atoms with van der Waals surface area (Å²) in [5.41, 5.74) is 3.32. The van der Waals surface area contributed by atoms with Gasteiger partial charge < -0.3 is 5.32 Å². The van der Waals surface area contributed by atoms with Crippen LogP contribution in [-0.2, 0) is 4.79 Å². The van der Waals surface area contributed by atoms with E-state index in [9.17, 15) is 4.79 Å². The molecule has 2 aliphatic heterocycles. The first-order chi connectivity index (χ1) is 10.1. The van der Waals surface area contributed by atoms with Gasteiger partial charge in [0.15, 0.2) is 0 Å². The fourth-order valence-corrected chi connectivity index (χ4v) is 3.48. The summed E-state index contributed by atoms with van der Waals surface area (Å²) in [6.07, 6.45) is 2.60. The first kappa shape index (κ1) is 14.5. The molecule has 0 saturated carbocycles. The third-order valence-corrected chi connectivity index (χ3v) is 4.92. The molecule has 2 fully saturated rings. The molecule has 0 radical (unpaired) electrons. The fraction of sp³-hybridized carbons (Fsp3) is 0.588. The summed E-state index contributed by atoms with van der Waals surface area (Å²) in [5.74, 6) is 0.107. The van der Waals surface area contributed by atoms with Gasteiger partial charge in [0.05, 0.1) is 6.54 Å². The summed E-state index contributed by atoms with van der Waals surface area (Å²) in [5, 5.41) is 3.06. The number of fused-ring (bicyclic) bond motifs is 1. The van der Waals surface area contributed by atoms with Crippen LogP contribution in [0.3, 0.4) is 0 Å². The summed E-state index contributed by atoms with van der Waals surface area (Å²) in [7, 11) is 0. The Morgan fingerprint density at radius 2 is 2.14 bits per heavy atom. The molecule has 1 aromatic carbocycles. The Hall–Kier alpha value is -1.39. The summed E-state index contributed by atoms with van der Waals surface area (Å²) in [4.78, 5) is 17.1. The molecule has 114 valence electrons. The standard InChI is InChI=1S/C17H25N3O/c1-13-5-3-7-16(14(13)2)18-17(21)12-19-9-10-20-8-4-6-15(20)11-19/h3,5,7,15H,4,6,8-12H2,1-2H3,(H,18,21)/t15-/m1/s1. The summed E-state index contributed by atoms with van der Waals surface area (Å²) >= 11 is 0. The van der Waals surface area contributed by atoms with Crippen molar-refractivity contribution in [2.45, 2.75) is 32.7 Å². The number of nitrogens with one attached hydrogen (secondary N) is 1. The molecule has 0 aromatic heterocycles. The molecule has 0 spiro atoms. The molecule has 4 nitrogen and oxygen atoms in total. The Balaban J connectivity index is 1.55. The second kappa shape index (κ2) is 6.16. The van der Waals surface area contributed by atoms with E-state index in [4.69, 9.17) is 0 Å². The molecular formula is C17H25N3O. The van der Waals surface area contributed by atoms with Crippen LogP contribution in [0.25, 0.3) is 0 Å². The minimum Gasteiger partial charge on any atom is -0.325 e. The van der Waals surface area contributed by atoms with E-state index >= 15 is 0 Å². The second-order valence-electron chi connectivity index (χ2n) is 6.36. The lowest BCUT2D eigenvalue weighted by Gasteiger charge is -2.37. The number of anilines is 1. The van der Waals surface area contributed by atoms with Crippen molar-refractivity contribution in [3.63, 3.8) is 0 Å². The zero-order chi connectivity index (χ0) is 14.8. The molecule has 0 unspecified atom stereocenters. The van der Waals surface area contributed by atoms with Gasteiger partial charge in [-0.15, -0.1) is 0 Å². The largest absolute Gasteiger partial charge is 0.325 e. The number of rotatable bonds is 3. The number of piperazine rings is 1. The lowest BCUT2D eigenvalue weighted by atomic mass is 10.1. The average Bonchev–Trinajstić information content (AvgIpc) is 2.91. The summed E-state index contributed by atoms with van der Waals surface area (Å²) in [6, 6.07) is 6.72. The van der Waals surface area contributed by atoms with E-state index in [0.29, 0.717) is 12.6 Å². The maximum atomic E-state index is 12.3. The Morgan fingerprint density at radius 1 is 1.29 bits per heavy atom. The molecule has 2 aliphatic rings. The van der Waals surface area contributed by atoms with Crippen molar-refractivity contribution in [3.8, 4) is 0 Å². The van der Waals surface area contributed by atoms with Gasteiger partial charge in [-0.1, -0.05) is 12.1 Å². The predicted octanol–water partition coefficient (Wildman–Crippen LogP) is 2.02. The van der Waals surface area contributed by atoms with E-state index in [2.05, 4.69) is 35.0 Å². The lowest BCUT2D eigenvalue weighted by Crippen LogP contribution is -2.51. The van der Waals surface area contributed by atoms with Crippen LogP contribution in [0.1, 0.15) is 24.0 Å². The first-order valence-corrected chi connectivity index (χ1v) is 7.96. The highest BCUT2D eigenvalue weighted by molar-refractivity contribution is 5.93. The minimum absolute atomic E-state index is 0.107. The molecule has 3 rings (SSSR count). The van der Waals surface area contributed by atoms with Gasteiger partial charge in [0.2, 0.25) is 5.91 Å². The van der Waals surface area contributed by atoms with Gasteiger partial charge in [0.1, 0.15) is 0 Å². The van der Waals surface area contributed by atoms with Gasteiger partial charge in [-0.25, -0.2) is 0 Å². The summed E-state index contributed by atoms with van der Waals surface area (Å²) in [6.45, 7) is 9.05. The van der Waals surface area contributed by atoms with Gasteiger partial charge in [0.25, 0.3) is 0 Å². The number of hydrogen-bond donors (Lipinski definition) is 1. The Kier molecular flexibility index (Phi) is 4.27. The predicted molar refractivity (Wildman–Crippen MR) is 85.6 cm³/mol. The van der Waals surface area contributed by atoms with Crippen molar-refractivity contribution in [2.75, 3.05) is 38.0 Å². The Labute approximate surface area is 127 Å². The maximum absolute atomic E-state index is 12.3. The first-order valence-electron chi connectivity index (χ1n) is 7.96. The fourth-order valence-electron chi connectivity index (χ4n) is 3.48. The number of carbonyl (C=O) groups is 1. The molecule has 1 aromatic rings. The number of hydrogen-bond acceptors (Lipinski definition) is 3. The van der Waals surface area contributed by atoms with Crippen molar-refractivity contribution in [1.29, 1.82) is 0 Å². The number of nitrogens with zero attached hydrogens (tertiary/aromatic N) is 2. The van der Waals surface area contributed by atoms with Crippen molar-refractivity contribution < 1.29 is 4.79 Å². The average molecular weight is 287 g/mol. The lowest BCUT2D eigenvalue weighted by molar-refractivity contribution is -0.117. The molecule has 21 heavy (non-hydrogen) atoms. The Morgan fingerprint density at radius 3 is 3.00 bits per heavy atom. The number of amides is 1. The van der Waals surface area contributed by atoms with E-state index in [0.717, 1.165) is 30.9 Å². The number of aryl methyl sites for hydroxylation is 1. The van der Waals surface area contributed by atoms with E-state index in [1.807, 2.05) is 12.1 Å². The van der Waals surface area contributed by atoms with Crippen LogP contribution in [0.5, 0.6) is 0 Å². The molecule has 2 heterocycles. The van der Waals surface area contributed by atoms with Crippen molar-refractivity contribution in [1.82, 2.24) is 9.80 Å². The monoisotopic (exact) mass is 287 g/mol. The van der Waals surface area contributed by atoms with Gasteiger partial charge in [-0.3, -0.25) is 14.6 Å². The quantitative estimate of drug-likeness (QED) is 0.924. The van der Waals surface area contributed by atoms with Gasteiger partial charge >= 0.3 is 0 Å². The topological polar surface area (TPSA) is 35.6 Å². The SMILES string of the molecule is Cc1cccc(NC(=O)CN2CCN3CCC[C@@H]3C2)c1C. The molecule has 2 saturated heterocycles. The van der Waals surface area contributed by atoms with E-state index in [1.165, 1.54) is 24.9 Å². The van der Waals surface area contributed by atoms with Crippen molar-refractivity contribution >= 4 is 11.6 Å². The van der Waals surface area contributed by atoms with Gasteiger partial charge in [0, 0.05) is 31.4 Å². The van der Waals surface area contributed by atoms with Crippen LogP contribution in [0.2, 0.25) is 0 Å². The molecule has 4 heteroatoms. The summed E-state index contributed by atoms with van der Waals surface area (Å²) < 4.78 is 0. The van der Waals surface area contributed by atoms with Crippen LogP contribution < -0.4 is 5.32 Å². The van der Waals surface area contributed by atoms with Crippen LogP contribution in [0.4, 0.5) is 5.69 Å². The highest BCUT2D eigenvalue weighted by Crippen LogP contribution is 2.22. The zero-order valence-corrected chi connectivity index (χ0v) is 13.1. The van der Waals surface area contributed by atoms with Gasteiger partial charge in [-0.2, -0.15) is 0 Å². The molecule has 1 N–H and O–H groups in total. The van der Waals surface area contributed by atoms with Crippen LogP contribution in [0.15, 0.2) is 18.2 Å². The number of benzene rings is 1. The van der Waals surface area contributed by atoms with Crippen LogP contribution >= 0.6 is 0 Å². The van der Waals surface area contributed by atoms with E-state index in [-0.39, 0.29) is 5.91 Å². The van der Waals surface area contributed by atoms with Crippen molar-refractivity contribution in [2.24, 2.45) is 0 Å². The van der Waals surface area contributed by atoms with Gasteiger partial charge in [-0.05, 0) is 50.4 Å². The molecule has 1 amide bonds. The van der Waals surface area contributed by atoms with Crippen molar-refractivity contribution in [3.05, 3.63) is 29.3 Å². The van der Waals surface area contributed by atoms with Crippen LogP contribution in [-0.4, -0.2) is 54.5 Å². The smallest absolute Gasteiger partial charge is 0.238 e. The van der Waals surface area contributed by atoms with E-state index in [1.54, 1.807) is 0 Å². The van der Waals surface area contributed by atoms with E-state index < -0.39 is 0 Å². The highest BCUT2D eigenvalue weighted by Gasteiger charge is 2.31. The molecular weight excluding hydrogens is 262 g/mol. The zero-order valence-electron chi connectivity index (χ0n) is 13.1. The number of carbonyl (C=O) groups excluding carboxylic acids is 1. The molecule has 0 bridgehead atoms. The third kappa shape index (κ3) is 3.27. The molecule has 0 aliphatic carbocycles. The normalized spacial score (nSPS) is 23.0. The van der Waals surface area contributed by atoms with Crippen LogP contribution in [0, 0.1) is 13.8 Å². The second-order valence-corrected chi connectivity index (χ2v) is 6.36. The molecule has 1 atom stereocenters. The Bertz CT molecular complexity index is 529. The highest BCUT2D eigenvalue weighted by atomic mass is 16.2.